The van der Waals surface area contributed by atoms with Gasteiger partial charge in [0.1, 0.15) is 0 Å². The Labute approximate surface area is 93.8 Å². The Bertz CT molecular complexity index is 33.3. The summed E-state index contributed by atoms with van der Waals surface area (Å²) in [7, 11) is 0. The van der Waals surface area contributed by atoms with Gasteiger partial charge >= 0.3 is 23.1 Å². The third-order valence-corrected chi connectivity index (χ3v) is 0.762. The summed E-state index contributed by atoms with van der Waals surface area (Å²) in [5, 5.41) is 0. The van der Waals surface area contributed by atoms with E-state index >= 15 is 0 Å². The zero-order chi connectivity index (χ0) is 7.54. The molecule has 3 heteroatoms. The second kappa shape index (κ2) is 30.5. The molecule has 66 valence electrons. The molecule has 0 unspecified atom stereocenters. The molecule has 0 N–H and O–H groups in total. The molecule has 0 amide bonds. The van der Waals surface area contributed by atoms with Crippen LogP contribution in [0.5, 0.6) is 0 Å². The number of hydrogen-bond donors (Lipinski definition) is 0. The van der Waals surface area contributed by atoms with E-state index in [2.05, 4.69) is 13.8 Å². The minimum Gasteiger partial charge on any atom is -1.00 e. The average Bonchev–Trinajstić information content (AvgIpc) is 1.91. The van der Waals surface area contributed by atoms with Crippen molar-refractivity contribution in [2.45, 2.75) is 33.6 Å². The van der Waals surface area contributed by atoms with Crippen LogP contribution in [0.25, 0.3) is 0 Å². The van der Waals surface area contributed by atoms with Crippen LogP contribution in [-0.4, -0.2) is 36.3 Å². The van der Waals surface area contributed by atoms with Gasteiger partial charge in [0.05, 0.1) is 0 Å². The van der Waals surface area contributed by atoms with Crippen molar-refractivity contribution in [3.63, 3.8) is 0 Å². The Morgan fingerprint density at radius 2 is 1.36 bits per heavy atom. The predicted octanol–water partition coefficient (Wildman–Crippen LogP) is -0.713. The van der Waals surface area contributed by atoms with Crippen molar-refractivity contribution in [3.05, 3.63) is 6.92 Å². The Kier molecular flexibility index (Phi) is 63.0. The van der Waals surface area contributed by atoms with Crippen molar-refractivity contribution in [1.82, 2.24) is 0 Å². The average molecular weight is 191 g/mol. The summed E-state index contributed by atoms with van der Waals surface area (Å²) in [6, 6.07) is 0. The Morgan fingerprint density at radius 1 is 1.09 bits per heavy atom. The van der Waals surface area contributed by atoms with E-state index in [0.29, 0.717) is 0 Å². The van der Waals surface area contributed by atoms with Crippen LogP contribution in [0.15, 0.2) is 0 Å². The number of ether oxygens (including phenoxy) is 1. The normalized spacial score (nSPS) is 6.55. The van der Waals surface area contributed by atoms with Gasteiger partial charge in [-0.25, -0.2) is 0 Å². The molecule has 0 rings (SSSR count). The molecule has 0 heterocycles. The number of halogens is 1. The van der Waals surface area contributed by atoms with Crippen molar-refractivity contribution in [2.24, 2.45) is 0 Å². The molecule has 0 aliphatic heterocycles. The molecule has 11 heavy (non-hydrogen) atoms. The molecule has 0 aromatic carbocycles. The maximum absolute atomic E-state index is 4.83. The van der Waals surface area contributed by atoms with E-state index in [4.69, 9.17) is 4.74 Å². The van der Waals surface area contributed by atoms with Gasteiger partial charge in [-0.15, -0.1) is 0 Å². The molecule has 0 fully saturated rings. The summed E-state index contributed by atoms with van der Waals surface area (Å²) < 4.78 is 4.83. The molecule has 0 saturated carbocycles. The largest absolute Gasteiger partial charge is 2.00 e. The maximum atomic E-state index is 4.83. The van der Waals surface area contributed by atoms with Crippen LogP contribution in [0.4, 0.5) is 0 Å². The number of hydrogen-bond acceptors (Lipinski definition) is 1. The molecule has 0 aliphatic carbocycles. The molecular formula is C8H19ClMgO. The van der Waals surface area contributed by atoms with Crippen molar-refractivity contribution >= 4 is 23.1 Å². The fraction of sp³-hybridized carbons (Fsp3) is 0.875. The van der Waals surface area contributed by atoms with Crippen LogP contribution in [0, 0.1) is 6.92 Å². The third-order valence-electron chi connectivity index (χ3n) is 0.762. The number of rotatable bonds is 3. The summed E-state index contributed by atoms with van der Waals surface area (Å²) in [6.45, 7) is 11.4. The molecule has 0 radical (unpaired) electrons. The van der Waals surface area contributed by atoms with Gasteiger partial charge in [0.15, 0.2) is 0 Å². The topological polar surface area (TPSA) is 9.23 Å². The van der Waals surface area contributed by atoms with Crippen molar-refractivity contribution < 1.29 is 17.1 Å². The molecule has 0 aromatic heterocycles. The first-order valence-corrected chi connectivity index (χ1v) is 3.70. The smallest absolute Gasteiger partial charge is 1.00 e. The van der Waals surface area contributed by atoms with E-state index < -0.39 is 0 Å². The zero-order valence-corrected chi connectivity index (χ0v) is 10.2. The zero-order valence-electron chi connectivity index (χ0n) is 8.03. The van der Waals surface area contributed by atoms with Gasteiger partial charge in [0.2, 0.25) is 0 Å². The van der Waals surface area contributed by atoms with Gasteiger partial charge < -0.3 is 24.1 Å². The monoisotopic (exact) mass is 190 g/mol. The molecule has 0 spiro atoms. The Hall–Kier alpha value is 1.02. The maximum Gasteiger partial charge on any atom is 2.00 e. The van der Waals surface area contributed by atoms with Crippen LogP contribution in [0.2, 0.25) is 0 Å². The summed E-state index contributed by atoms with van der Waals surface area (Å²) in [5.74, 6) is 0. The van der Waals surface area contributed by atoms with E-state index in [9.17, 15) is 0 Å². The Balaban J connectivity index is -0.0000000383. The van der Waals surface area contributed by atoms with Crippen LogP contribution in [0.1, 0.15) is 33.6 Å². The second-order valence-corrected chi connectivity index (χ2v) is 1.64. The van der Waals surface area contributed by atoms with Gasteiger partial charge in [-0.3, -0.25) is 0 Å². The van der Waals surface area contributed by atoms with Gasteiger partial charge in [-0.2, -0.15) is 6.42 Å². The molecule has 0 bridgehead atoms. The molecule has 0 saturated heterocycles. The third kappa shape index (κ3) is 55.5. The van der Waals surface area contributed by atoms with Gasteiger partial charge in [0, 0.05) is 13.2 Å². The Morgan fingerprint density at radius 3 is 1.36 bits per heavy atom. The molecule has 0 aromatic rings. The summed E-state index contributed by atoms with van der Waals surface area (Å²) in [6.07, 6.45) is 2.28. The summed E-state index contributed by atoms with van der Waals surface area (Å²) >= 11 is 0. The molecule has 1 nitrogen and oxygen atoms in total. The second-order valence-electron chi connectivity index (χ2n) is 1.64. The van der Waals surface area contributed by atoms with Gasteiger partial charge in [-0.05, 0) is 13.8 Å². The quantitative estimate of drug-likeness (QED) is 0.422. The van der Waals surface area contributed by atoms with Crippen LogP contribution >= 0.6 is 0 Å². The van der Waals surface area contributed by atoms with Crippen LogP contribution in [0.3, 0.4) is 0 Å². The summed E-state index contributed by atoms with van der Waals surface area (Å²) in [4.78, 5) is 0. The van der Waals surface area contributed by atoms with Crippen molar-refractivity contribution in [1.29, 1.82) is 0 Å². The summed E-state index contributed by atoms with van der Waals surface area (Å²) in [5.41, 5.74) is 0. The minimum atomic E-state index is 0. The van der Waals surface area contributed by atoms with E-state index in [1.165, 1.54) is 6.42 Å². The standard InChI is InChI=1S/C4H10O.C4H9.ClH.Mg/c1-3-5-4-2;1-3-4-2;;/h3-4H2,1-2H3;1,3-4H2,2H3;1H;/q;-1;;+2/p-1. The fourth-order valence-corrected chi connectivity index (χ4v) is 0.204. The SMILES string of the molecule is CCOCC.[CH2-]CCC.[Cl-].[Mg+2]. The molecule has 0 atom stereocenters. The van der Waals surface area contributed by atoms with E-state index in [1.807, 2.05) is 13.8 Å². The first kappa shape index (κ1) is 22.7. The van der Waals surface area contributed by atoms with Gasteiger partial charge in [-0.1, -0.05) is 13.3 Å². The van der Waals surface area contributed by atoms with Crippen molar-refractivity contribution in [3.8, 4) is 0 Å². The van der Waals surface area contributed by atoms with Crippen molar-refractivity contribution in [2.75, 3.05) is 13.2 Å². The first-order valence-electron chi connectivity index (χ1n) is 3.70. The number of unbranched alkanes of at least 4 members (excludes halogenated alkanes) is 1. The molecule has 0 aliphatic rings. The van der Waals surface area contributed by atoms with E-state index in [-0.39, 0.29) is 35.5 Å². The minimum absolute atomic E-state index is 0. The first-order chi connectivity index (χ1) is 4.33. The van der Waals surface area contributed by atoms with Gasteiger partial charge in [0.25, 0.3) is 0 Å². The van der Waals surface area contributed by atoms with Crippen LogP contribution in [-0.2, 0) is 4.74 Å². The van der Waals surface area contributed by atoms with E-state index in [0.717, 1.165) is 19.6 Å². The van der Waals surface area contributed by atoms with E-state index in [1.54, 1.807) is 0 Å². The predicted molar refractivity (Wildman–Crippen MR) is 48.2 cm³/mol. The fourth-order valence-electron chi connectivity index (χ4n) is 0.204. The molecular weight excluding hydrogens is 172 g/mol. The van der Waals surface area contributed by atoms with Crippen LogP contribution < -0.4 is 12.4 Å².